The second-order valence-corrected chi connectivity index (χ2v) is 11.2. The zero-order valence-corrected chi connectivity index (χ0v) is 24.7. The number of benzene rings is 3. The molecule has 5 rings (SSSR count). The van der Waals surface area contributed by atoms with Crippen molar-refractivity contribution in [1.29, 1.82) is 0 Å². The number of imide groups is 1. The number of carbonyl (C=O) groups excluding carboxylic acids is 5. The molecule has 1 aliphatic carbocycles. The summed E-state index contributed by atoms with van der Waals surface area (Å²) in [6.45, 7) is -0.415. The number of nitrogens with zero attached hydrogens (tertiary/aromatic N) is 1. The van der Waals surface area contributed by atoms with Crippen LogP contribution >= 0.6 is 11.8 Å². The van der Waals surface area contributed by atoms with Gasteiger partial charge in [-0.1, -0.05) is 6.07 Å². The van der Waals surface area contributed by atoms with Crippen LogP contribution in [-0.4, -0.2) is 68.9 Å². The van der Waals surface area contributed by atoms with E-state index in [4.69, 9.17) is 9.25 Å². The van der Waals surface area contributed by atoms with Gasteiger partial charge in [-0.25, -0.2) is 9.59 Å². The maximum atomic E-state index is 12.5. The number of rotatable bonds is 11. The Balaban J connectivity index is 1.21. The van der Waals surface area contributed by atoms with Gasteiger partial charge in [-0.15, -0.1) is 5.06 Å². The standard InChI is InChI=1S/C31H25N3O11S/c35-17-2-5-20-23(12-17)44-24-13-18(36)3-6-21(24)30(20)19-4-1-16(11-22(19)31(42)43)33-25(37)14-32-26(38)15-46-10-9-29(41)45-34-27(39)7-8-28(34)40/h1-6,11-13,35H,7-10,14-15H2,(H,32,38)(H,33,37)(H,42,43). The Labute approximate surface area is 263 Å². The Morgan fingerprint density at radius 3 is 2.39 bits per heavy atom. The fourth-order valence-corrected chi connectivity index (χ4v) is 5.47. The van der Waals surface area contributed by atoms with Crippen LogP contribution in [0, 0.1) is 0 Å². The van der Waals surface area contributed by atoms with E-state index in [-0.39, 0.29) is 70.1 Å². The van der Waals surface area contributed by atoms with E-state index in [0.717, 1.165) is 11.8 Å². The zero-order valence-electron chi connectivity index (χ0n) is 23.9. The second kappa shape index (κ2) is 13.5. The third kappa shape index (κ3) is 7.15. The predicted octanol–water partition coefficient (Wildman–Crippen LogP) is 2.75. The summed E-state index contributed by atoms with van der Waals surface area (Å²) in [5.74, 6) is -4.20. The number of hydrogen-bond acceptors (Lipinski definition) is 11. The van der Waals surface area contributed by atoms with Gasteiger partial charge in [0.15, 0.2) is 5.43 Å². The lowest BCUT2D eigenvalue weighted by molar-refractivity contribution is -0.197. The van der Waals surface area contributed by atoms with Crippen LogP contribution in [0.25, 0.3) is 33.4 Å². The monoisotopic (exact) mass is 647 g/mol. The van der Waals surface area contributed by atoms with Gasteiger partial charge in [-0.2, -0.15) is 11.8 Å². The molecule has 2 aromatic carbocycles. The summed E-state index contributed by atoms with van der Waals surface area (Å²) in [7, 11) is 0. The maximum Gasteiger partial charge on any atom is 0.336 e. The van der Waals surface area contributed by atoms with Crippen molar-refractivity contribution in [3.05, 3.63) is 70.4 Å². The van der Waals surface area contributed by atoms with Gasteiger partial charge in [0.2, 0.25) is 11.8 Å². The molecule has 1 saturated heterocycles. The van der Waals surface area contributed by atoms with E-state index in [1.807, 2.05) is 0 Å². The highest BCUT2D eigenvalue weighted by atomic mass is 32.2. The summed E-state index contributed by atoms with van der Waals surface area (Å²) in [5, 5.41) is 26.0. The van der Waals surface area contributed by atoms with Crippen molar-refractivity contribution in [2.45, 2.75) is 19.3 Å². The normalized spacial score (nSPS) is 12.8. The molecule has 0 unspecified atom stereocenters. The first kappa shape index (κ1) is 31.7. The van der Waals surface area contributed by atoms with Gasteiger partial charge in [-0.3, -0.25) is 24.0 Å². The number of nitrogens with one attached hydrogen (secondary N) is 2. The maximum absolute atomic E-state index is 12.5. The van der Waals surface area contributed by atoms with E-state index < -0.39 is 42.1 Å². The smallest absolute Gasteiger partial charge is 0.336 e. The number of amides is 4. The van der Waals surface area contributed by atoms with Gasteiger partial charge in [-0.05, 0) is 42.0 Å². The minimum atomic E-state index is -1.29. The lowest BCUT2D eigenvalue weighted by Crippen LogP contribution is -2.34. The Hall–Kier alpha value is -5.70. The van der Waals surface area contributed by atoms with Crippen LogP contribution in [-0.2, 0) is 28.8 Å². The van der Waals surface area contributed by atoms with Crippen molar-refractivity contribution < 1.29 is 48.2 Å². The number of thioether (sulfide) groups is 1. The quantitative estimate of drug-likeness (QED) is 0.105. The number of carboxylic acids is 1. The van der Waals surface area contributed by atoms with Crippen molar-refractivity contribution >= 4 is 64.0 Å². The van der Waals surface area contributed by atoms with Gasteiger partial charge < -0.3 is 30.1 Å². The first-order valence-corrected chi connectivity index (χ1v) is 14.9. The third-order valence-electron chi connectivity index (χ3n) is 6.81. The van der Waals surface area contributed by atoms with Gasteiger partial charge >= 0.3 is 11.9 Å². The summed E-state index contributed by atoms with van der Waals surface area (Å²) in [4.78, 5) is 88.7. The molecule has 2 aromatic rings. The van der Waals surface area contributed by atoms with E-state index >= 15 is 0 Å². The lowest BCUT2D eigenvalue weighted by Gasteiger charge is -2.17. The summed E-state index contributed by atoms with van der Waals surface area (Å²) in [6, 6.07) is 12.7. The van der Waals surface area contributed by atoms with Gasteiger partial charge in [0.1, 0.15) is 17.1 Å². The highest BCUT2D eigenvalue weighted by Crippen LogP contribution is 2.42. The molecule has 4 N–H and O–H groups in total. The third-order valence-corrected chi connectivity index (χ3v) is 7.77. The van der Waals surface area contributed by atoms with E-state index in [1.54, 1.807) is 6.07 Å². The Morgan fingerprint density at radius 1 is 0.913 bits per heavy atom. The molecule has 4 amide bonds. The number of phenols is 1. The van der Waals surface area contributed by atoms with Crippen LogP contribution in [0.15, 0.2) is 63.8 Å². The average Bonchev–Trinajstić information content (AvgIpc) is 3.33. The van der Waals surface area contributed by atoms with E-state index in [0.29, 0.717) is 21.6 Å². The summed E-state index contributed by atoms with van der Waals surface area (Å²) in [5.41, 5.74) is 1.08. The summed E-state index contributed by atoms with van der Waals surface area (Å²) < 4.78 is 5.82. The molecule has 0 saturated carbocycles. The molecule has 2 heterocycles. The highest BCUT2D eigenvalue weighted by molar-refractivity contribution is 7.99. The van der Waals surface area contributed by atoms with Gasteiger partial charge in [0, 0.05) is 52.9 Å². The van der Waals surface area contributed by atoms with Crippen LogP contribution in [0.2, 0.25) is 0 Å². The predicted molar refractivity (Wildman–Crippen MR) is 164 cm³/mol. The van der Waals surface area contributed by atoms with Crippen LogP contribution in [0.5, 0.6) is 5.75 Å². The van der Waals surface area contributed by atoms with Crippen molar-refractivity contribution in [3.63, 3.8) is 0 Å². The van der Waals surface area contributed by atoms with Crippen LogP contribution in [0.3, 0.4) is 0 Å². The number of phenolic OH excluding ortho intramolecular Hbond substituents is 1. The highest BCUT2D eigenvalue weighted by Gasteiger charge is 2.32. The largest absolute Gasteiger partial charge is 0.508 e. The minimum absolute atomic E-state index is 0.0160. The SMILES string of the molecule is O=C(CSCCC(=O)ON1C(=O)CCC1=O)NCC(=O)Nc1ccc(-c2c3ccc(=O)cc-3oc3cc(O)ccc23)c(C(=O)O)c1. The van der Waals surface area contributed by atoms with Crippen molar-refractivity contribution in [1.82, 2.24) is 10.4 Å². The zero-order chi connectivity index (χ0) is 33.0. The summed E-state index contributed by atoms with van der Waals surface area (Å²) in [6.07, 6.45) is -0.182. The molecular formula is C31H25N3O11S. The molecule has 0 atom stereocenters. The molecule has 15 heteroatoms. The number of aromatic hydroxyl groups is 1. The van der Waals surface area contributed by atoms with Gasteiger partial charge in [0.05, 0.1) is 24.3 Å². The van der Waals surface area contributed by atoms with Crippen LogP contribution in [0.1, 0.15) is 29.6 Å². The first-order chi connectivity index (χ1) is 22.0. The van der Waals surface area contributed by atoms with Crippen molar-refractivity contribution in [3.8, 4) is 28.2 Å². The fraction of sp³-hybridized carbons (Fsp3) is 0.194. The molecule has 1 fully saturated rings. The topological polar surface area (TPSA) is 210 Å². The fourth-order valence-electron chi connectivity index (χ4n) is 4.73. The molecule has 0 bridgehead atoms. The number of carbonyl (C=O) groups is 6. The molecular weight excluding hydrogens is 622 g/mol. The molecule has 3 aliphatic rings. The van der Waals surface area contributed by atoms with E-state index in [1.165, 1.54) is 48.5 Å². The average molecular weight is 648 g/mol. The Morgan fingerprint density at radius 2 is 1.65 bits per heavy atom. The van der Waals surface area contributed by atoms with Crippen LogP contribution in [0.4, 0.5) is 5.69 Å². The molecule has 2 aliphatic heterocycles. The second-order valence-electron chi connectivity index (χ2n) is 10.1. The van der Waals surface area contributed by atoms with Crippen LogP contribution < -0.4 is 16.1 Å². The number of hydrogen-bond donors (Lipinski definition) is 4. The molecule has 14 nitrogen and oxygen atoms in total. The number of carboxylic acid groups (broad SMARTS) is 1. The lowest BCUT2D eigenvalue weighted by atomic mass is 9.90. The number of hydroxylamine groups is 2. The molecule has 46 heavy (non-hydrogen) atoms. The number of anilines is 1. The Kier molecular flexibility index (Phi) is 9.32. The van der Waals surface area contributed by atoms with E-state index in [9.17, 15) is 43.8 Å². The Bertz CT molecular complexity index is 1920. The summed E-state index contributed by atoms with van der Waals surface area (Å²) >= 11 is 1.08. The molecule has 236 valence electrons. The molecule has 0 aromatic heterocycles. The van der Waals surface area contributed by atoms with Crippen molar-refractivity contribution in [2.75, 3.05) is 23.4 Å². The molecule has 0 spiro atoms. The number of fused-ring (bicyclic) bond motifs is 2. The minimum Gasteiger partial charge on any atom is -0.508 e. The molecule has 0 radical (unpaired) electrons. The van der Waals surface area contributed by atoms with E-state index in [2.05, 4.69) is 10.6 Å². The van der Waals surface area contributed by atoms with Gasteiger partial charge in [0.25, 0.3) is 11.8 Å². The number of aromatic carboxylic acids is 1. The first-order valence-electron chi connectivity index (χ1n) is 13.8. The van der Waals surface area contributed by atoms with Crippen molar-refractivity contribution in [2.24, 2.45) is 0 Å².